The van der Waals surface area contributed by atoms with E-state index in [4.69, 9.17) is 10.8 Å². The Kier molecular flexibility index (Phi) is 4.24. The molecule has 0 saturated heterocycles. The minimum absolute atomic E-state index is 0.401. The standard InChI is InChI=1S/C9H19NO2/c1-7(2)6-9(3,4-5-10)8(11)12/h7H,4-6,10H2,1-3H3,(H,11,12). The largest absolute Gasteiger partial charge is 0.481 e. The van der Waals surface area contributed by atoms with Crippen LogP contribution in [-0.2, 0) is 4.79 Å². The smallest absolute Gasteiger partial charge is 0.309 e. The van der Waals surface area contributed by atoms with Gasteiger partial charge in [-0.15, -0.1) is 0 Å². The van der Waals surface area contributed by atoms with Crippen LogP contribution >= 0.6 is 0 Å². The van der Waals surface area contributed by atoms with E-state index >= 15 is 0 Å². The molecule has 0 aromatic carbocycles. The summed E-state index contributed by atoms with van der Waals surface area (Å²) in [6.45, 7) is 6.26. The summed E-state index contributed by atoms with van der Waals surface area (Å²) in [5.74, 6) is -0.334. The molecular formula is C9H19NO2. The molecule has 3 N–H and O–H groups in total. The summed E-state index contributed by atoms with van der Waals surface area (Å²) in [6, 6.07) is 0. The Morgan fingerprint density at radius 1 is 1.58 bits per heavy atom. The van der Waals surface area contributed by atoms with E-state index < -0.39 is 11.4 Å². The zero-order chi connectivity index (χ0) is 9.78. The molecule has 0 aliphatic rings. The van der Waals surface area contributed by atoms with Crippen molar-refractivity contribution in [3.05, 3.63) is 0 Å². The molecule has 0 bridgehead atoms. The van der Waals surface area contributed by atoms with E-state index in [-0.39, 0.29) is 0 Å². The molecule has 0 rings (SSSR count). The Bertz CT molecular complexity index is 157. The first kappa shape index (κ1) is 11.4. The number of carboxylic acids is 1. The molecule has 0 radical (unpaired) electrons. The third kappa shape index (κ3) is 3.22. The first-order chi connectivity index (χ1) is 5.42. The van der Waals surface area contributed by atoms with Gasteiger partial charge in [0.05, 0.1) is 5.41 Å². The van der Waals surface area contributed by atoms with Gasteiger partial charge in [0, 0.05) is 0 Å². The highest BCUT2D eigenvalue weighted by atomic mass is 16.4. The second kappa shape index (κ2) is 4.45. The average Bonchev–Trinajstić information content (AvgIpc) is 1.85. The van der Waals surface area contributed by atoms with Crippen LogP contribution in [0.15, 0.2) is 0 Å². The van der Waals surface area contributed by atoms with Crippen LogP contribution in [0.5, 0.6) is 0 Å². The molecule has 72 valence electrons. The van der Waals surface area contributed by atoms with Crippen molar-refractivity contribution in [3.8, 4) is 0 Å². The normalized spacial score (nSPS) is 16.1. The molecule has 1 unspecified atom stereocenters. The molecule has 0 spiro atoms. The number of carboxylic acid groups (broad SMARTS) is 1. The summed E-state index contributed by atoms with van der Waals surface area (Å²) in [6.07, 6.45) is 1.25. The van der Waals surface area contributed by atoms with Crippen LogP contribution in [0.2, 0.25) is 0 Å². The highest BCUT2D eigenvalue weighted by Gasteiger charge is 2.32. The molecule has 3 nitrogen and oxygen atoms in total. The maximum Gasteiger partial charge on any atom is 0.309 e. The van der Waals surface area contributed by atoms with Gasteiger partial charge < -0.3 is 10.8 Å². The Morgan fingerprint density at radius 2 is 2.08 bits per heavy atom. The van der Waals surface area contributed by atoms with Gasteiger partial charge in [-0.3, -0.25) is 4.79 Å². The molecule has 0 aliphatic heterocycles. The number of rotatable bonds is 5. The summed E-state index contributed by atoms with van der Waals surface area (Å²) in [7, 11) is 0. The van der Waals surface area contributed by atoms with Crippen molar-refractivity contribution < 1.29 is 9.90 Å². The molecule has 0 aromatic rings. The zero-order valence-electron chi connectivity index (χ0n) is 8.13. The van der Waals surface area contributed by atoms with Crippen LogP contribution in [0.3, 0.4) is 0 Å². The lowest BCUT2D eigenvalue weighted by Gasteiger charge is -2.25. The number of carbonyl (C=O) groups is 1. The molecule has 0 fully saturated rings. The van der Waals surface area contributed by atoms with Crippen molar-refractivity contribution in [2.24, 2.45) is 17.1 Å². The highest BCUT2D eigenvalue weighted by Crippen LogP contribution is 2.29. The summed E-state index contributed by atoms with van der Waals surface area (Å²) in [5.41, 5.74) is 4.73. The van der Waals surface area contributed by atoms with Crippen molar-refractivity contribution in [1.29, 1.82) is 0 Å². The molecule has 0 saturated carbocycles. The summed E-state index contributed by atoms with van der Waals surface area (Å²) in [5, 5.41) is 8.96. The molecule has 3 heteroatoms. The van der Waals surface area contributed by atoms with Gasteiger partial charge in [0.15, 0.2) is 0 Å². The predicted molar refractivity (Wildman–Crippen MR) is 48.9 cm³/mol. The van der Waals surface area contributed by atoms with Gasteiger partial charge in [0.1, 0.15) is 0 Å². The van der Waals surface area contributed by atoms with E-state index in [0.717, 1.165) is 0 Å². The van der Waals surface area contributed by atoms with Gasteiger partial charge in [-0.25, -0.2) is 0 Å². The van der Waals surface area contributed by atoms with Gasteiger partial charge in [0.25, 0.3) is 0 Å². The van der Waals surface area contributed by atoms with Crippen LogP contribution in [0, 0.1) is 11.3 Å². The Balaban J connectivity index is 4.28. The van der Waals surface area contributed by atoms with Crippen molar-refractivity contribution in [2.75, 3.05) is 6.54 Å². The van der Waals surface area contributed by atoms with Crippen LogP contribution in [0.4, 0.5) is 0 Å². The topological polar surface area (TPSA) is 63.3 Å². The fraction of sp³-hybridized carbons (Fsp3) is 0.889. The first-order valence-electron chi connectivity index (χ1n) is 4.36. The third-order valence-corrected chi connectivity index (χ3v) is 2.07. The Hall–Kier alpha value is -0.570. The van der Waals surface area contributed by atoms with Crippen molar-refractivity contribution in [3.63, 3.8) is 0 Å². The minimum atomic E-state index is -0.735. The van der Waals surface area contributed by atoms with Gasteiger partial charge in [-0.1, -0.05) is 13.8 Å². The predicted octanol–water partition coefficient (Wildman–Crippen LogP) is 1.47. The van der Waals surface area contributed by atoms with E-state index in [9.17, 15) is 4.79 Å². The maximum atomic E-state index is 10.9. The van der Waals surface area contributed by atoms with Gasteiger partial charge in [0.2, 0.25) is 0 Å². The minimum Gasteiger partial charge on any atom is -0.481 e. The SMILES string of the molecule is CC(C)CC(C)(CCN)C(=O)O. The molecule has 0 aliphatic carbocycles. The zero-order valence-corrected chi connectivity index (χ0v) is 8.13. The number of hydrogen-bond donors (Lipinski definition) is 2. The molecule has 1 atom stereocenters. The number of nitrogens with two attached hydrogens (primary N) is 1. The lowest BCUT2D eigenvalue weighted by Crippen LogP contribution is -2.31. The first-order valence-corrected chi connectivity index (χ1v) is 4.36. The lowest BCUT2D eigenvalue weighted by molar-refractivity contribution is -0.149. The molecule has 0 amide bonds. The number of aliphatic carboxylic acids is 1. The molecule has 0 heterocycles. The average molecular weight is 173 g/mol. The van der Waals surface area contributed by atoms with E-state index in [1.165, 1.54) is 0 Å². The van der Waals surface area contributed by atoms with Crippen molar-refractivity contribution in [1.82, 2.24) is 0 Å². The van der Waals surface area contributed by atoms with Crippen molar-refractivity contribution >= 4 is 5.97 Å². The summed E-state index contributed by atoms with van der Waals surface area (Å²) < 4.78 is 0. The van der Waals surface area contributed by atoms with E-state index in [1.54, 1.807) is 6.92 Å². The summed E-state index contributed by atoms with van der Waals surface area (Å²) >= 11 is 0. The van der Waals surface area contributed by atoms with Gasteiger partial charge in [-0.2, -0.15) is 0 Å². The Morgan fingerprint density at radius 3 is 2.33 bits per heavy atom. The second-order valence-corrected chi connectivity index (χ2v) is 4.00. The van der Waals surface area contributed by atoms with Crippen LogP contribution < -0.4 is 5.73 Å². The van der Waals surface area contributed by atoms with Crippen LogP contribution in [0.1, 0.15) is 33.6 Å². The molecule has 12 heavy (non-hydrogen) atoms. The second-order valence-electron chi connectivity index (χ2n) is 4.00. The number of hydrogen-bond acceptors (Lipinski definition) is 2. The van der Waals surface area contributed by atoms with Gasteiger partial charge in [-0.05, 0) is 32.2 Å². The maximum absolute atomic E-state index is 10.9. The van der Waals surface area contributed by atoms with Crippen LogP contribution in [0.25, 0.3) is 0 Å². The van der Waals surface area contributed by atoms with E-state index in [2.05, 4.69) is 0 Å². The monoisotopic (exact) mass is 173 g/mol. The highest BCUT2D eigenvalue weighted by molar-refractivity contribution is 5.74. The van der Waals surface area contributed by atoms with Crippen molar-refractivity contribution in [2.45, 2.75) is 33.6 Å². The van der Waals surface area contributed by atoms with Crippen LogP contribution in [-0.4, -0.2) is 17.6 Å². The lowest BCUT2D eigenvalue weighted by atomic mass is 9.79. The van der Waals surface area contributed by atoms with E-state index in [1.807, 2.05) is 13.8 Å². The Labute approximate surface area is 74.0 Å². The summed E-state index contributed by atoms with van der Waals surface area (Å²) in [4.78, 5) is 10.9. The molecule has 0 aromatic heterocycles. The van der Waals surface area contributed by atoms with E-state index in [0.29, 0.717) is 25.3 Å². The quantitative estimate of drug-likeness (QED) is 0.661. The fourth-order valence-corrected chi connectivity index (χ4v) is 1.52. The van der Waals surface area contributed by atoms with Gasteiger partial charge >= 0.3 is 5.97 Å². The fourth-order valence-electron chi connectivity index (χ4n) is 1.52. The third-order valence-electron chi connectivity index (χ3n) is 2.07. The molecular weight excluding hydrogens is 154 g/mol.